The van der Waals surface area contributed by atoms with Crippen molar-refractivity contribution in [3.63, 3.8) is 0 Å². The van der Waals surface area contributed by atoms with Crippen LogP contribution in [0.1, 0.15) is 37.6 Å². The van der Waals surface area contributed by atoms with E-state index < -0.39 is 18.8 Å². The summed E-state index contributed by atoms with van der Waals surface area (Å²) in [4.78, 5) is 2.33. The molecule has 116 valence electrons. The smallest absolute Gasteiger partial charge is 0.326 e. The van der Waals surface area contributed by atoms with Crippen LogP contribution in [0.25, 0.3) is 0 Å². The molecule has 1 rings (SSSR count). The van der Waals surface area contributed by atoms with Crippen LogP contribution >= 0.6 is 27.3 Å². The molecular weight excluding hydrogens is 353 g/mol. The largest absolute Gasteiger partial charge is 0.401 e. The first-order valence-electron chi connectivity index (χ1n) is 6.58. The normalized spacial score (nSPS) is 15.6. The highest BCUT2D eigenvalue weighted by molar-refractivity contribution is 9.10. The highest BCUT2D eigenvalue weighted by Crippen LogP contribution is 2.34. The first kappa shape index (κ1) is 17.9. The number of hydrogen-bond acceptors (Lipinski definition) is 3. The zero-order valence-electron chi connectivity index (χ0n) is 11.6. The molecule has 20 heavy (non-hydrogen) atoms. The first-order valence-corrected chi connectivity index (χ1v) is 8.26. The summed E-state index contributed by atoms with van der Waals surface area (Å²) in [5, 5.41) is 1.88. The minimum Gasteiger partial charge on any atom is -0.326 e. The van der Waals surface area contributed by atoms with Gasteiger partial charge in [0.25, 0.3) is 0 Å². The summed E-state index contributed by atoms with van der Waals surface area (Å²) in [6.45, 7) is 3.24. The van der Waals surface area contributed by atoms with Crippen LogP contribution in [0.3, 0.4) is 0 Å². The van der Waals surface area contributed by atoms with E-state index in [1.165, 1.54) is 16.2 Å². The fourth-order valence-electron chi connectivity index (χ4n) is 2.20. The van der Waals surface area contributed by atoms with Gasteiger partial charge in [0.2, 0.25) is 0 Å². The molecule has 0 aliphatic heterocycles. The lowest BCUT2D eigenvalue weighted by Gasteiger charge is -2.35. The van der Waals surface area contributed by atoms with Gasteiger partial charge in [-0.25, -0.2) is 0 Å². The Kier molecular flexibility index (Phi) is 6.97. The molecule has 0 radical (unpaired) electrons. The summed E-state index contributed by atoms with van der Waals surface area (Å²) in [6.07, 6.45) is -2.91. The van der Waals surface area contributed by atoms with Crippen molar-refractivity contribution in [3.8, 4) is 0 Å². The summed E-state index contributed by atoms with van der Waals surface area (Å²) < 4.78 is 39.3. The summed E-state index contributed by atoms with van der Waals surface area (Å²) in [5.41, 5.74) is 6.09. The van der Waals surface area contributed by atoms with Gasteiger partial charge in [0.1, 0.15) is 0 Å². The maximum atomic E-state index is 12.8. The fraction of sp³-hybridized carbons (Fsp3) is 0.692. The van der Waals surface area contributed by atoms with Crippen LogP contribution in [0.2, 0.25) is 0 Å². The highest BCUT2D eigenvalue weighted by Gasteiger charge is 2.36. The van der Waals surface area contributed by atoms with Crippen LogP contribution in [0.5, 0.6) is 0 Å². The number of alkyl halides is 3. The Bertz CT molecular complexity index is 409. The molecule has 0 aliphatic carbocycles. The molecule has 1 aromatic rings. The molecule has 0 spiro atoms. The van der Waals surface area contributed by atoms with Gasteiger partial charge in [-0.3, -0.25) is 4.90 Å². The standard InChI is InChI=1S/C13H20BrF3N2S/c1-3-5-19(8-13(15,16)17)12(10(18)4-2)11-6-9(14)7-20-11/h6-7,10,12H,3-5,8,18H2,1-2H3. The van der Waals surface area contributed by atoms with Crippen molar-refractivity contribution in [2.24, 2.45) is 5.73 Å². The van der Waals surface area contributed by atoms with E-state index >= 15 is 0 Å². The third-order valence-corrected chi connectivity index (χ3v) is 4.81. The zero-order chi connectivity index (χ0) is 15.3. The Morgan fingerprint density at radius 1 is 1.40 bits per heavy atom. The van der Waals surface area contributed by atoms with Crippen LogP contribution < -0.4 is 5.73 Å². The molecule has 1 heterocycles. The lowest BCUT2D eigenvalue weighted by Crippen LogP contribution is -2.45. The second-order valence-corrected chi connectivity index (χ2v) is 6.63. The Hall–Kier alpha value is -0.110. The van der Waals surface area contributed by atoms with Gasteiger partial charge in [-0.2, -0.15) is 13.2 Å². The number of halogens is 4. The fourth-order valence-corrected chi connectivity index (χ4v) is 3.86. The van der Waals surface area contributed by atoms with Gasteiger partial charge >= 0.3 is 6.18 Å². The van der Waals surface area contributed by atoms with Crippen LogP contribution in [0.15, 0.2) is 15.9 Å². The maximum Gasteiger partial charge on any atom is 0.401 e. The molecule has 0 bridgehead atoms. The number of thiophene rings is 1. The van der Waals surface area contributed by atoms with Gasteiger partial charge < -0.3 is 5.73 Å². The molecule has 2 atom stereocenters. The van der Waals surface area contributed by atoms with Gasteiger partial charge in [0, 0.05) is 20.8 Å². The molecule has 0 saturated carbocycles. The average Bonchev–Trinajstić information content (AvgIpc) is 2.74. The predicted octanol–water partition coefficient (Wildman–Crippen LogP) is 4.56. The van der Waals surface area contributed by atoms with Crippen molar-refractivity contribution in [2.45, 2.75) is 44.9 Å². The highest BCUT2D eigenvalue weighted by atomic mass is 79.9. The molecule has 0 aromatic carbocycles. The lowest BCUT2D eigenvalue weighted by atomic mass is 10.0. The Morgan fingerprint density at radius 2 is 2.05 bits per heavy atom. The molecule has 1 aromatic heterocycles. The average molecular weight is 373 g/mol. The predicted molar refractivity (Wildman–Crippen MR) is 80.9 cm³/mol. The molecule has 2 nitrogen and oxygen atoms in total. The third kappa shape index (κ3) is 5.35. The van der Waals surface area contributed by atoms with E-state index in [2.05, 4.69) is 15.9 Å². The second kappa shape index (κ2) is 7.77. The molecule has 2 N–H and O–H groups in total. The molecule has 0 saturated heterocycles. The van der Waals surface area contributed by atoms with Crippen molar-refractivity contribution in [1.29, 1.82) is 0 Å². The van der Waals surface area contributed by atoms with Crippen molar-refractivity contribution in [1.82, 2.24) is 4.90 Å². The minimum absolute atomic E-state index is 0.311. The van der Waals surface area contributed by atoms with Crippen molar-refractivity contribution in [2.75, 3.05) is 13.1 Å². The lowest BCUT2D eigenvalue weighted by molar-refractivity contribution is -0.152. The van der Waals surface area contributed by atoms with E-state index in [4.69, 9.17) is 5.73 Å². The van der Waals surface area contributed by atoms with Crippen LogP contribution in [-0.2, 0) is 0 Å². The quantitative estimate of drug-likeness (QED) is 0.759. The van der Waals surface area contributed by atoms with Gasteiger partial charge in [0.15, 0.2) is 0 Å². The Morgan fingerprint density at radius 3 is 2.45 bits per heavy atom. The van der Waals surface area contributed by atoms with Crippen molar-refractivity contribution >= 4 is 27.3 Å². The SMILES string of the molecule is CCCN(CC(F)(F)F)C(c1cc(Br)cs1)C(N)CC. The van der Waals surface area contributed by atoms with Crippen molar-refractivity contribution < 1.29 is 13.2 Å². The summed E-state index contributed by atoms with van der Waals surface area (Å²) in [7, 11) is 0. The molecule has 0 aliphatic rings. The minimum atomic E-state index is -4.21. The Labute approximate surface area is 130 Å². The summed E-state index contributed by atoms with van der Waals surface area (Å²) >= 11 is 4.80. The van der Waals surface area contributed by atoms with E-state index in [9.17, 15) is 13.2 Å². The monoisotopic (exact) mass is 372 g/mol. The van der Waals surface area contributed by atoms with Gasteiger partial charge in [-0.1, -0.05) is 13.8 Å². The molecule has 0 amide bonds. The molecule has 0 fully saturated rings. The van der Waals surface area contributed by atoms with Gasteiger partial charge in [-0.05, 0) is 41.4 Å². The maximum absolute atomic E-state index is 12.8. The van der Waals surface area contributed by atoms with E-state index in [1.807, 2.05) is 25.3 Å². The zero-order valence-corrected chi connectivity index (χ0v) is 14.0. The first-order chi connectivity index (χ1) is 9.28. The molecule has 2 unspecified atom stereocenters. The van der Waals surface area contributed by atoms with Crippen LogP contribution in [0, 0.1) is 0 Å². The molecule has 7 heteroatoms. The molecular formula is C13H20BrF3N2S. The number of hydrogen-bond donors (Lipinski definition) is 1. The number of nitrogens with zero attached hydrogens (tertiary/aromatic N) is 1. The second-order valence-electron chi connectivity index (χ2n) is 4.77. The van der Waals surface area contributed by atoms with Crippen LogP contribution in [-0.4, -0.2) is 30.2 Å². The van der Waals surface area contributed by atoms with E-state index in [0.29, 0.717) is 19.4 Å². The Balaban J connectivity index is 3.04. The van der Waals surface area contributed by atoms with Crippen molar-refractivity contribution in [3.05, 3.63) is 20.8 Å². The summed E-state index contributed by atoms with van der Waals surface area (Å²) in [6, 6.07) is 1.16. The van der Waals surface area contributed by atoms with E-state index in [1.54, 1.807) is 0 Å². The number of rotatable bonds is 7. The summed E-state index contributed by atoms with van der Waals surface area (Å²) in [5.74, 6) is 0. The van der Waals surface area contributed by atoms with E-state index in [0.717, 1.165) is 9.35 Å². The number of nitrogens with two attached hydrogens (primary N) is 1. The van der Waals surface area contributed by atoms with E-state index in [-0.39, 0.29) is 6.04 Å². The topological polar surface area (TPSA) is 29.3 Å². The van der Waals surface area contributed by atoms with Gasteiger partial charge in [-0.15, -0.1) is 11.3 Å². The third-order valence-electron chi connectivity index (χ3n) is 3.04. The van der Waals surface area contributed by atoms with Gasteiger partial charge in [0.05, 0.1) is 12.6 Å². The van der Waals surface area contributed by atoms with Crippen LogP contribution in [0.4, 0.5) is 13.2 Å².